The first kappa shape index (κ1) is 14.0. The van der Waals surface area contributed by atoms with Crippen LogP contribution in [0.25, 0.3) is 0 Å². The SMILES string of the molecule is CCC[C@H](NC(=O)OC(C)(C)C)c1cccs1. The monoisotopic (exact) mass is 255 g/mol. The zero-order valence-electron chi connectivity index (χ0n) is 10.9. The first-order valence-corrected chi connectivity index (χ1v) is 6.83. The second-order valence-corrected chi connectivity index (χ2v) is 5.98. The van der Waals surface area contributed by atoms with Gasteiger partial charge >= 0.3 is 6.09 Å². The second kappa shape index (κ2) is 6.05. The van der Waals surface area contributed by atoms with Crippen molar-refractivity contribution >= 4 is 17.4 Å². The van der Waals surface area contributed by atoms with Crippen LogP contribution in [0.15, 0.2) is 17.5 Å². The van der Waals surface area contributed by atoms with Gasteiger partial charge in [-0.25, -0.2) is 4.79 Å². The molecule has 0 aliphatic heterocycles. The summed E-state index contributed by atoms with van der Waals surface area (Å²) in [6.07, 6.45) is 1.61. The zero-order chi connectivity index (χ0) is 12.9. The van der Waals surface area contributed by atoms with E-state index in [1.165, 1.54) is 4.88 Å². The third-order valence-electron chi connectivity index (χ3n) is 2.15. The lowest BCUT2D eigenvalue weighted by molar-refractivity contribution is 0.0502. The summed E-state index contributed by atoms with van der Waals surface area (Å²) < 4.78 is 5.27. The lowest BCUT2D eigenvalue weighted by Crippen LogP contribution is -2.34. The number of amides is 1. The number of hydrogen-bond acceptors (Lipinski definition) is 3. The Kier molecular flexibility index (Phi) is 5.00. The molecule has 3 nitrogen and oxygen atoms in total. The topological polar surface area (TPSA) is 38.3 Å². The molecule has 1 rings (SSSR count). The fraction of sp³-hybridized carbons (Fsp3) is 0.615. The third-order valence-corrected chi connectivity index (χ3v) is 3.14. The minimum absolute atomic E-state index is 0.0647. The van der Waals surface area contributed by atoms with E-state index in [2.05, 4.69) is 12.2 Å². The van der Waals surface area contributed by atoms with Gasteiger partial charge in [-0.2, -0.15) is 0 Å². The maximum atomic E-state index is 11.7. The molecule has 1 amide bonds. The van der Waals surface area contributed by atoms with E-state index in [0.717, 1.165) is 12.8 Å². The number of rotatable bonds is 4. The van der Waals surface area contributed by atoms with E-state index in [4.69, 9.17) is 4.74 Å². The first-order chi connectivity index (χ1) is 7.92. The van der Waals surface area contributed by atoms with Gasteiger partial charge in [-0.15, -0.1) is 11.3 Å². The zero-order valence-corrected chi connectivity index (χ0v) is 11.8. The maximum absolute atomic E-state index is 11.7. The molecule has 0 radical (unpaired) electrons. The molecular formula is C13H21NO2S. The van der Waals surface area contributed by atoms with Gasteiger partial charge in [-0.3, -0.25) is 0 Å². The van der Waals surface area contributed by atoms with Crippen molar-refractivity contribution in [1.29, 1.82) is 0 Å². The summed E-state index contributed by atoms with van der Waals surface area (Å²) in [5.74, 6) is 0. The van der Waals surface area contributed by atoms with Gasteiger partial charge in [-0.1, -0.05) is 19.4 Å². The van der Waals surface area contributed by atoms with Gasteiger partial charge in [0, 0.05) is 4.88 Å². The lowest BCUT2D eigenvalue weighted by atomic mass is 10.1. The highest BCUT2D eigenvalue weighted by Crippen LogP contribution is 2.23. The minimum Gasteiger partial charge on any atom is -0.444 e. The molecule has 1 aromatic rings. The van der Waals surface area contributed by atoms with E-state index < -0.39 is 5.60 Å². The largest absolute Gasteiger partial charge is 0.444 e. The van der Waals surface area contributed by atoms with Gasteiger partial charge in [-0.05, 0) is 38.6 Å². The maximum Gasteiger partial charge on any atom is 0.408 e. The smallest absolute Gasteiger partial charge is 0.408 e. The van der Waals surface area contributed by atoms with Crippen molar-refractivity contribution in [3.63, 3.8) is 0 Å². The van der Waals surface area contributed by atoms with E-state index in [0.29, 0.717) is 0 Å². The molecule has 0 aliphatic carbocycles. The highest BCUT2D eigenvalue weighted by Gasteiger charge is 2.20. The highest BCUT2D eigenvalue weighted by atomic mass is 32.1. The fourth-order valence-electron chi connectivity index (χ4n) is 1.51. The van der Waals surface area contributed by atoms with Crippen molar-refractivity contribution in [2.24, 2.45) is 0 Å². The molecule has 0 bridgehead atoms. The average Bonchev–Trinajstić information content (AvgIpc) is 2.66. The number of carbonyl (C=O) groups excluding carboxylic acids is 1. The van der Waals surface area contributed by atoms with Gasteiger partial charge in [0.15, 0.2) is 0 Å². The predicted octanol–water partition coefficient (Wildman–Crippen LogP) is 4.11. The molecule has 0 aliphatic rings. The van der Waals surface area contributed by atoms with Crippen molar-refractivity contribution in [1.82, 2.24) is 5.32 Å². The normalized spacial score (nSPS) is 13.2. The van der Waals surface area contributed by atoms with Crippen molar-refractivity contribution in [2.45, 2.75) is 52.2 Å². The number of hydrogen-bond donors (Lipinski definition) is 1. The summed E-state index contributed by atoms with van der Waals surface area (Å²) >= 11 is 1.66. The van der Waals surface area contributed by atoms with Crippen molar-refractivity contribution < 1.29 is 9.53 Å². The number of nitrogens with one attached hydrogen (secondary N) is 1. The van der Waals surface area contributed by atoms with Gasteiger partial charge in [0.2, 0.25) is 0 Å². The molecule has 1 N–H and O–H groups in total. The van der Waals surface area contributed by atoms with Crippen molar-refractivity contribution in [3.8, 4) is 0 Å². The molecular weight excluding hydrogens is 234 g/mol. The lowest BCUT2D eigenvalue weighted by Gasteiger charge is -2.23. The van der Waals surface area contributed by atoms with Crippen LogP contribution in [0.2, 0.25) is 0 Å². The number of alkyl carbamates (subject to hydrolysis) is 1. The predicted molar refractivity (Wildman–Crippen MR) is 71.3 cm³/mol. The van der Waals surface area contributed by atoms with Crippen molar-refractivity contribution in [3.05, 3.63) is 22.4 Å². The molecule has 0 spiro atoms. The molecule has 0 unspecified atom stereocenters. The van der Waals surface area contributed by atoms with Crippen LogP contribution in [0.5, 0.6) is 0 Å². The van der Waals surface area contributed by atoms with E-state index in [1.54, 1.807) is 11.3 Å². The number of carbonyl (C=O) groups is 1. The van der Waals surface area contributed by atoms with Crippen LogP contribution in [-0.2, 0) is 4.74 Å². The molecule has 0 fully saturated rings. The fourth-order valence-corrected chi connectivity index (χ4v) is 2.33. The van der Waals surface area contributed by atoms with Crippen LogP contribution in [0.1, 0.15) is 51.5 Å². The van der Waals surface area contributed by atoms with E-state index >= 15 is 0 Å². The van der Waals surface area contributed by atoms with Crippen LogP contribution in [0, 0.1) is 0 Å². The van der Waals surface area contributed by atoms with E-state index in [9.17, 15) is 4.79 Å². The summed E-state index contributed by atoms with van der Waals surface area (Å²) in [4.78, 5) is 12.9. The number of thiophene rings is 1. The minimum atomic E-state index is -0.448. The Balaban J connectivity index is 2.59. The van der Waals surface area contributed by atoms with Gasteiger partial charge in [0.1, 0.15) is 5.60 Å². The molecule has 0 saturated carbocycles. The summed E-state index contributed by atoms with van der Waals surface area (Å²) in [6, 6.07) is 4.11. The Morgan fingerprint density at radius 3 is 2.71 bits per heavy atom. The highest BCUT2D eigenvalue weighted by molar-refractivity contribution is 7.10. The van der Waals surface area contributed by atoms with E-state index in [1.807, 2.05) is 38.3 Å². The van der Waals surface area contributed by atoms with Crippen LogP contribution >= 0.6 is 11.3 Å². The molecule has 1 aromatic heterocycles. The van der Waals surface area contributed by atoms with Crippen LogP contribution in [0.4, 0.5) is 4.79 Å². The number of ether oxygens (including phenoxy) is 1. The average molecular weight is 255 g/mol. The molecule has 4 heteroatoms. The first-order valence-electron chi connectivity index (χ1n) is 5.95. The summed E-state index contributed by atoms with van der Waals surface area (Å²) in [7, 11) is 0. The molecule has 0 aromatic carbocycles. The Morgan fingerprint density at radius 1 is 1.53 bits per heavy atom. The van der Waals surface area contributed by atoms with Crippen LogP contribution in [-0.4, -0.2) is 11.7 Å². The van der Waals surface area contributed by atoms with E-state index in [-0.39, 0.29) is 12.1 Å². The third kappa shape index (κ3) is 5.22. The van der Waals surface area contributed by atoms with Crippen molar-refractivity contribution in [2.75, 3.05) is 0 Å². The van der Waals surface area contributed by atoms with Crippen LogP contribution in [0.3, 0.4) is 0 Å². The summed E-state index contributed by atoms with van der Waals surface area (Å²) in [5.41, 5.74) is -0.448. The Bertz CT molecular complexity index is 341. The second-order valence-electron chi connectivity index (χ2n) is 5.00. The molecule has 96 valence electrons. The Morgan fingerprint density at radius 2 is 2.24 bits per heavy atom. The Labute approximate surface area is 107 Å². The molecule has 17 heavy (non-hydrogen) atoms. The van der Waals surface area contributed by atoms with Gasteiger partial charge < -0.3 is 10.1 Å². The van der Waals surface area contributed by atoms with Gasteiger partial charge in [0.25, 0.3) is 0 Å². The summed E-state index contributed by atoms with van der Waals surface area (Å²) in [6.45, 7) is 7.71. The summed E-state index contributed by atoms with van der Waals surface area (Å²) in [5, 5.41) is 4.95. The molecule has 1 atom stereocenters. The molecule has 1 heterocycles. The van der Waals surface area contributed by atoms with Gasteiger partial charge in [0.05, 0.1) is 6.04 Å². The quantitative estimate of drug-likeness (QED) is 0.879. The Hall–Kier alpha value is -1.03. The van der Waals surface area contributed by atoms with Crippen LogP contribution < -0.4 is 5.32 Å². The molecule has 0 saturated heterocycles. The standard InChI is InChI=1S/C13H21NO2S/c1-5-7-10(11-8-6-9-17-11)14-12(15)16-13(2,3)4/h6,8-10H,5,7H2,1-4H3,(H,14,15)/t10-/m0/s1.